The fraction of sp³-hybridized carbons (Fsp3) is 0.455. The first-order valence-corrected chi connectivity index (χ1v) is 10.3. The molecule has 0 radical (unpaired) electrons. The maximum atomic E-state index is 12.4. The Labute approximate surface area is 171 Å². The molecule has 3 heterocycles. The first-order chi connectivity index (χ1) is 14.0. The second-order valence-electron chi connectivity index (χ2n) is 7.95. The lowest BCUT2D eigenvalue weighted by Crippen LogP contribution is -2.37. The third-order valence-electron chi connectivity index (χ3n) is 5.40. The number of carbonyl (C=O) groups excluding carboxylic acids is 1. The van der Waals surface area contributed by atoms with Crippen molar-refractivity contribution in [2.75, 3.05) is 31.1 Å². The summed E-state index contributed by atoms with van der Waals surface area (Å²) in [6.07, 6.45) is 0.925. The van der Waals surface area contributed by atoms with Crippen LogP contribution >= 0.6 is 0 Å². The SMILES string of the molecule is Cc1nc(N2CCCN(C(=O)C(C)C)CC2)c2c(C)nn(-c3ccccc3)c2n1. The van der Waals surface area contributed by atoms with Crippen molar-refractivity contribution in [3.63, 3.8) is 0 Å². The Hall–Kier alpha value is -2.96. The Balaban J connectivity index is 1.73. The zero-order valence-corrected chi connectivity index (χ0v) is 17.6. The molecule has 0 N–H and O–H groups in total. The minimum absolute atomic E-state index is 0.0286. The second kappa shape index (κ2) is 7.81. The van der Waals surface area contributed by atoms with Gasteiger partial charge < -0.3 is 9.80 Å². The largest absolute Gasteiger partial charge is 0.354 e. The van der Waals surface area contributed by atoms with Gasteiger partial charge in [-0.1, -0.05) is 32.0 Å². The Bertz CT molecular complexity index is 1030. The van der Waals surface area contributed by atoms with E-state index in [1.165, 1.54) is 0 Å². The van der Waals surface area contributed by atoms with Crippen molar-refractivity contribution in [1.29, 1.82) is 0 Å². The summed E-state index contributed by atoms with van der Waals surface area (Å²) in [6.45, 7) is 11.0. The maximum absolute atomic E-state index is 12.4. The third kappa shape index (κ3) is 3.69. The smallest absolute Gasteiger partial charge is 0.225 e. The van der Waals surface area contributed by atoms with Crippen LogP contribution in [-0.2, 0) is 4.79 Å². The molecule has 29 heavy (non-hydrogen) atoms. The number of benzene rings is 1. The molecule has 0 aliphatic carbocycles. The van der Waals surface area contributed by atoms with Gasteiger partial charge in [0.1, 0.15) is 11.6 Å². The fourth-order valence-corrected chi connectivity index (χ4v) is 3.96. The van der Waals surface area contributed by atoms with Crippen molar-refractivity contribution < 1.29 is 4.79 Å². The molecule has 1 fully saturated rings. The van der Waals surface area contributed by atoms with E-state index in [1.807, 2.05) is 67.6 Å². The normalized spacial score (nSPS) is 15.2. The average molecular weight is 393 g/mol. The summed E-state index contributed by atoms with van der Waals surface area (Å²) in [5, 5.41) is 5.76. The highest BCUT2D eigenvalue weighted by molar-refractivity contribution is 5.91. The van der Waals surface area contributed by atoms with E-state index in [9.17, 15) is 4.79 Å². The highest BCUT2D eigenvalue weighted by Gasteiger charge is 2.25. The number of amides is 1. The van der Waals surface area contributed by atoms with Crippen molar-refractivity contribution in [1.82, 2.24) is 24.6 Å². The van der Waals surface area contributed by atoms with Gasteiger partial charge in [0.2, 0.25) is 5.91 Å². The summed E-state index contributed by atoms with van der Waals surface area (Å²) in [4.78, 5) is 26.2. The molecule has 0 atom stereocenters. The standard InChI is InChI=1S/C22H28N6O/c1-15(2)22(29)27-12-8-11-26(13-14-27)20-19-16(3)25-28(18-9-6-5-7-10-18)21(19)24-17(4)23-20/h5-7,9-10,15H,8,11-14H2,1-4H3. The van der Waals surface area contributed by atoms with Crippen LogP contribution in [0.3, 0.4) is 0 Å². The molecule has 1 aromatic carbocycles. The first kappa shape index (κ1) is 19.4. The minimum atomic E-state index is 0.0286. The monoisotopic (exact) mass is 392 g/mol. The molecule has 7 heteroatoms. The number of hydrogen-bond acceptors (Lipinski definition) is 5. The van der Waals surface area contributed by atoms with E-state index in [0.29, 0.717) is 6.54 Å². The van der Waals surface area contributed by atoms with Crippen LogP contribution in [0.2, 0.25) is 0 Å². The van der Waals surface area contributed by atoms with Crippen molar-refractivity contribution in [2.24, 2.45) is 5.92 Å². The van der Waals surface area contributed by atoms with Crippen molar-refractivity contribution in [3.05, 3.63) is 41.9 Å². The zero-order chi connectivity index (χ0) is 20.5. The van der Waals surface area contributed by atoms with Crippen molar-refractivity contribution >= 4 is 22.8 Å². The van der Waals surface area contributed by atoms with Gasteiger partial charge in [-0.05, 0) is 32.4 Å². The number of rotatable bonds is 3. The lowest BCUT2D eigenvalue weighted by atomic mass is 10.2. The third-order valence-corrected chi connectivity index (χ3v) is 5.40. The van der Waals surface area contributed by atoms with Gasteiger partial charge in [-0.25, -0.2) is 14.6 Å². The molecular formula is C22H28N6O. The number of anilines is 1. The number of aryl methyl sites for hydroxylation is 2. The summed E-state index contributed by atoms with van der Waals surface area (Å²) in [5.41, 5.74) is 2.73. The number of nitrogens with zero attached hydrogens (tertiary/aromatic N) is 6. The summed E-state index contributed by atoms with van der Waals surface area (Å²) < 4.78 is 1.90. The predicted octanol–water partition coefficient (Wildman–Crippen LogP) is 3.13. The van der Waals surface area contributed by atoms with Gasteiger partial charge in [0.05, 0.1) is 16.8 Å². The molecule has 1 saturated heterocycles. The van der Waals surface area contributed by atoms with E-state index in [2.05, 4.69) is 4.90 Å². The second-order valence-corrected chi connectivity index (χ2v) is 7.95. The number of hydrogen-bond donors (Lipinski definition) is 0. The first-order valence-electron chi connectivity index (χ1n) is 10.3. The Kier molecular flexibility index (Phi) is 5.22. The Morgan fingerprint density at radius 3 is 2.48 bits per heavy atom. The highest BCUT2D eigenvalue weighted by atomic mass is 16.2. The van der Waals surface area contributed by atoms with Gasteiger partial charge in [-0.3, -0.25) is 4.79 Å². The number of aromatic nitrogens is 4. The molecule has 1 aliphatic heterocycles. The Morgan fingerprint density at radius 2 is 1.76 bits per heavy atom. The van der Waals surface area contributed by atoms with E-state index in [-0.39, 0.29) is 11.8 Å². The molecule has 3 aromatic rings. The van der Waals surface area contributed by atoms with Crippen LogP contribution in [0, 0.1) is 19.8 Å². The van der Waals surface area contributed by atoms with E-state index in [1.54, 1.807) is 0 Å². The average Bonchev–Trinajstić information content (AvgIpc) is 2.89. The molecule has 1 aliphatic rings. The van der Waals surface area contributed by atoms with Gasteiger partial charge in [0, 0.05) is 32.1 Å². The zero-order valence-electron chi connectivity index (χ0n) is 17.6. The molecular weight excluding hydrogens is 364 g/mol. The van der Waals surface area contributed by atoms with Crippen LogP contribution in [0.1, 0.15) is 31.8 Å². The van der Waals surface area contributed by atoms with E-state index in [0.717, 1.165) is 60.1 Å². The van der Waals surface area contributed by atoms with Gasteiger partial charge >= 0.3 is 0 Å². The predicted molar refractivity (Wildman–Crippen MR) is 114 cm³/mol. The van der Waals surface area contributed by atoms with Crippen LogP contribution in [0.25, 0.3) is 16.7 Å². The molecule has 7 nitrogen and oxygen atoms in total. The number of carbonyl (C=O) groups is 1. The summed E-state index contributed by atoms with van der Waals surface area (Å²) in [7, 11) is 0. The van der Waals surface area contributed by atoms with Crippen LogP contribution in [-0.4, -0.2) is 56.7 Å². The van der Waals surface area contributed by atoms with Crippen LogP contribution in [0.5, 0.6) is 0 Å². The molecule has 0 bridgehead atoms. The maximum Gasteiger partial charge on any atom is 0.225 e. The van der Waals surface area contributed by atoms with Gasteiger partial charge in [0.25, 0.3) is 0 Å². The lowest BCUT2D eigenvalue weighted by molar-refractivity contribution is -0.134. The molecule has 0 saturated carbocycles. The summed E-state index contributed by atoms with van der Waals surface area (Å²) >= 11 is 0. The fourth-order valence-electron chi connectivity index (χ4n) is 3.96. The van der Waals surface area contributed by atoms with E-state index < -0.39 is 0 Å². The van der Waals surface area contributed by atoms with Crippen molar-refractivity contribution in [2.45, 2.75) is 34.1 Å². The molecule has 1 amide bonds. The molecule has 0 spiro atoms. The quantitative estimate of drug-likeness (QED) is 0.685. The molecule has 152 valence electrons. The molecule has 4 rings (SSSR count). The van der Waals surface area contributed by atoms with Gasteiger partial charge in [-0.15, -0.1) is 0 Å². The number of fused-ring (bicyclic) bond motifs is 1. The lowest BCUT2D eigenvalue weighted by Gasteiger charge is -2.24. The topological polar surface area (TPSA) is 67.2 Å². The molecule has 2 aromatic heterocycles. The Morgan fingerprint density at radius 1 is 1.00 bits per heavy atom. The minimum Gasteiger partial charge on any atom is -0.354 e. The summed E-state index contributed by atoms with van der Waals surface area (Å²) in [5.74, 6) is 1.90. The van der Waals surface area contributed by atoms with Crippen LogP contribution in [0.4, 0.5) is 5.82 Å². The highest BCUT2D eigenvalue weighted by Crippen LogP contribution is 2.29. The van der Waals surface area contributed by atoms with Gasteiger partial charge in [-0.2, -0.15) is 5.10 Å². The molecule has 0 unspecified atom stereocenters. The number of para-hydroxylation sites is 1. The van der Waals surface area contributed by atoms with Crippen LogP contribution in [0.15, 0.2) is 30.3 Å². The van der Waals surface area contributed by atoms with Crippen molar-refractivity contribution in [3.8, 4) is 5.69 Å². The van der Waals surface area contributed by atoms with E-state index in [4.69, 9.17) is 15.1 Å². The van der Waals surface area contributed by atoms with Crippen LogP contribution < -0.4 is 4.90 Å². The summed E-state index contributed by atoms with van der Waals surface area (Å²) in [6, 6.07) is 10.1. The van der Waals surface area contributed by atoms with Gasteiger partial charge in [0.15, 0.2) is 5.65 Å². The van der Waals surface area contributed by atoms with E-state index >= 15 is 0 Å².